The smallest absolute Gasteiger partial charge is 0.248 e. The van der Waals surface area contributed by atoms with E-state index in [1.807, 2.05) is 42.5 Å². The highest BCUT2D eigenvalue weighted by Crippen LogP contribution is 2.16. The summed E-state index contributed by atoms with van der Waals surface area (Å²) in [5, 5.41) is 0. The molecule has 1 amide bonds. The van der Waals surface area contributed by atoms with Crippen molar-refractivity contribution in [2.24, 2.45) is 5.73 Å². The van der Waals surface area contributed by atoms with Gasteiger partial charge in [0.15, 0.2) is 0 Å². The minimum Gasteiger partial charge on any atom is -0.366 e. The van der Waals surface area contributed by atoms with Gasteiger partial charge in [-0.2, -0.15) is 0 Å². The average molecular weight is 327 g/mol. The third-order valence-corrected chi connectivity index (χ3v) is 3.12. The lowest BCUT2D eigenvalue weighted by atomic mass is 9.99. The molecule has 0 atom stereocenters. The molecule has 0 fully saturated rings. The zero-order chi connectivity index (χ0) is 12.3. The van der Waals surface area contributed by atoms with E-state index in [-0.39, 0.29) is 18.3 Å². The highest BCUT2D eigenvalue weighted by atomic mass is 79.9. The maximum Gasteiger partial charge on any atom is 0.248 e. The second kappa shape index (κ2) is 6.57. The van der Waals surface area contributed by atoms with Crippen molar-refractivity contribution in [3.63, 3.8) is 0 Å². The van der Waals surface area contributed by atoms with Crippen molar-refractivity contribution in [1.82, 2.24) is 0 Å². The molecule has 0 aliphatic heterocycles. The molecule has 0 aliphatic carbocycles. The summed E-state index contributed by atoms with van der Waals surface area (Å²) in [6.07, 6.45) is 0.715. The molecule has 0 spiro atoms. The third-order valence-electron chi connectivity index (χ3n) is 2.59. The Morgan fingerprint density at radius 3 is 2.28 bits per heavy atom. The molecule has 0 bridgehead atoms. The number of hydrogen-bond acceptors (Lipinski definition) is 1. The molecule has 2 aromatic rings. The van der Waals surface area contributed by atoms with Crippen LogP contribution in [0.5, 0.6) is 0 Å². The van der Waals surface area contributed by atoms with Crippen LogP contribution in [0.2, 0.25) is 0 Å². The van der Waals surface area contributed by atoms with Gasteiger partial charge in [0, 0.05) is 10.0 Å². The summed E-state index contributed by atoms with van der Waals surface area (Å²) in [5.41, 5.74) is 8.05. The van der Waals surface area contributed by atoms with Gasteiger partial charge < -0.3 is 5.73 Å². The van der Waals surface area contributed by atoms with E-state index in [1.165, 1.54) is 0 Å². The van der Waals surface area contributed by atoms with Crippen LogP contribution in [0.1, 0.15) is 21.5 Å². The molecule has 4 heteroatoms. The largest absolute Gasteiger partial charge is 0.366 e. The quantitative estimate of drug-likeness (QED) is 0.921. The number of carbonyl (C=O) groups excluding carboxylic acids is 1. The van der Waals surface area contributed by atoms with Crippen molar-refractivity contribution in [3.05, 3.63) is 69.7 Å². The van der Waals surface area contributed by atoms with Gasteiger partial charge in [0.2, 0.25) is 5.91 Å². The summed E-state index contributed by atoms with van der Waals surface area (Å²) in [7, 11) is 0. The third kappa shape index (κ3) is 3.59. The van der Waals surface area contributed by atoms with Gasteiger partial charge in [-0.15, -0.1) is 12.4 Å². The number of carbonyl (C=O) groups is 1. The Labute approximate surface area is 121 Å². The molecular weight excluding hydrogens is 314 g/mol. The van der Waals surface area contributed by atoms with Crippen molar-refractivity contribution >= 4 is 34.2 Å². The average Bonchev–Trinajstić information content (AvgIpc) is 2.32. The Morgan fingerprint density at radius 1 is 1.06 bits per heavy atom. The maximum atomic E-state index is 11.3. The number of halogens is 2. The first-order valence-electron chi connectivity index (χ1n) is 5.29. The van der Waals surface area contributed by atoms with Gasteiger partial charge in [-0.25, -0.2) is 0 Å². The molecule has 18 heavy (non-hydrogen) atoms. The van der Waals surface area contributed by atoms with E-state index < -0.39 is 0 Å². The summed E-state index contributed by atoms with van der Waals surface area (Å²) in [5.74, 6) is -0.377. The van der Waals surface area contributed by atoms with E-state index in [1.54, 1.807) is 6.07 Å². The van der Waals surface area contributed by atoms with Crippen LogP contribution in [0, 0.1) is 0 Å². The van der Waals surface area contributed by atoms with Crippen molar-refractivity contribution < 1.29 is 4.79 Å². The normalized spacial score (nSPS) is 9.61. The van der Waals surface area contributed by atoms with E-state index in [0.717, 1.165) is 15.6 Å². The van der Waals surface area contributed by atoms with E-state index >= 15 is 0 Å². The van der Waals surface area contributed by atoms with Crippen LogP contribution in [-0.4, -0.2) is 5.91 Å². The molecule has 0 saturated carbocycles. The minimum absolute atomic E-state index is 0. The minimum atomic E-state index is -0.377. The molecule has 0 aliphatic rings. The first kappa shape index (κ1) is 14.7. The summed E-state index contributed by atoms with van der Waals surface area (Å²) >= 11 is 3.39. The van der Waals surface area contributed by atoms with Gasteiger partial charge in [-0.1, -0.05) is 46.3 Å². The van der Waals surface area contributed by atoms with Crippen molar-refractivity contribution in [3.8, 4) is 0 Å². The lowest BCUT2D eigenvalue weighted by Crippen LogP contribution is -2.13. The van der Waals surface area contributed by atoms with E-state index in [2.05, 4.69) is 15.9 Å². The Balaban J connectivity index is 0.00000162. The Bertz CT molecular complexity index is 540. The highest BCUT2D eigenvalue weighted by molar-refractivity contribution is 9.10. The van der Waals surface area contributed by atoms with Crippen LogP contribution < -0.4 is 5.73 Å². The molecule has 0 saturated heterocycles. The van der Waals surface area contributed by atoms with Gasteiger partial charge in [0.25, 0.3) is 0 Å². The van der Waals surface area contributed by atoms with E-state index in [4.69, 9.17) is 5.73 Å². The fraction of sp³-hybridized carbons (Fsp3) is 0.0714. The molecule has 0 radical (unpaired) electrons. The van der Waals surface area contributed by atoms with Gasteiger partial charge in [0.05, 0.1) is 0 Å². The fourth-order valence-corrected chi connectivity index (χ4v) is 2.00. The molecule has 2 nitrogen and oxygen atoms in total. The first-order chi connectivity index (χ1) is 8.16. The number of rotatable bonds is 3. The summed E-state index contributed by atoms with van der Waals surface area (Å²) in [4.78, 5) is 11.3. The molecule has 0 unspecified atom stereocenters. The molecule has 2 aromatic carbocycles. The van der Waals surface area contributed by atoms with Gasteiger partial charge in [0.1, 0.15) is 0 Å². The topological polar surface area (TPSA) is 43.1 Å². The van der Waals surface area contributed by atoms with Crippen LogP contribution >= 0.6 is 28.3 Å². The molecule has 0 heterocycles. The van der Waals surface area contributed by atoms with Crippen LogP contribution in [0.25, 0.3) is 0 Å². The summed E-state index contributed by atoms with van der Waals surface area (Å²) < 4.78 is 1.05. The fourth-order valence-electron chi connectivity index (χ4n) is 1.74. The molecule has 94 valence electrons. The first-order valence-corrected chi connectivity index (χ1v) is 6.08. The van der Waals surface area contributed by atoms with Crippen molar-refractivity contribution in [2.75, 3.05) is 0 Å². The predicted molar refractivity (Wildman–Crippen MR) is 79.2 cm³/mol. The second-order valence-corrected chi connectivity index (χ2v) is 4.74. The van der Waals surface area contributed by atoms with Crippen molar-refractivity contribution in [1.29, 1.82) is 0 Å². The SMILES string of the molecule is Cl.NC(=O)c1ccccc1Cc1ccc(Br)cc1. The number of amides is 1. The molecular formula is C14H13BrClNO. The zero-order valence-corrected chi connectivity index (χ0v) is 12.0. The summed E-state index contributed by atoms with van der Waals surface area (Å²) in [6, 6.07) is 15.5. The highest BCUT2D eigenvalue weighted by Gasteiger charge is 2.07. The number of primary amides is 1. The predicted octanol–water partition coefficient (Wildman–Crippen LogP) is 3.56. The van der Waals surface area contributed by atoms with E-state index in [9.17, 15) is 4.79 Å². The van der Waals surface area contributed by atoms with Gasteiger partial charge in [-0.3, -0.25) is 4.79 Å². The lowest BCUT2D eigenvalue weighted by Gasteiger charge is -2.06. The van der Waals surface area contributed by atoms with Crippen molar-refractivity contribution in [2.45, 2.75) is 6.42 Å². The molecule has 2 N–H and O–H groups in total. The van der Waals surface area contributed by atoms with Crippen LogP contribution in [0.15, 0.2) is 53.0 Å². The van der Waals surface area contributed by atoms with Crippen LogP contribution in [-0.2, 0) is 6.42 Å². The molecule has 0 aromatic heterocycles. The monoisotopic (exact) mass is 325 g/mol. The zero-order valence-electron chi connectivity index (χ0n) is 9.60. The summed E-state index contributed by atoms with van der Waals surface area (Å²) in [6.45, 7) is 0. The van der Waals surface area contributed by atoms with E-state index in [0.29, 0.717) is 12.0 Å². The Hall–Kier alpha value is -1.32. The Kier molecular flexibility index (Phi) is 5.38. The maximum absolute atomic E-state index is 11.3. The lowest BCUT2D eigenvalue weighted by molar-refractivity contribution is 0.0999. The van der Waals surface area contributed by atoms with Gasteiger partial charge >= 0.3 is 0 Å². The second-order valence-electron chi connectivity index (χ2n) is 3.82. The Morgan fingerprint density at radius 2 is 1.67 bits per heavy atom. The molecule has 2 rings (SSSR count). The van der Waals surface area contributed by atoms with Crippen LogP contribution in [0.3, 0.4) is 0 Å². The number of hydrogen-bond donors (Lipinski definition) is 1. The van der Waals surface area contributed by atoms with Gasteiger partial charge in [-0.05, 0) is 35.7 Å². The number of benzene rings is 2. The van der Waals surface area contributed by atoms with Crippen LogP contribution in [0.4, 0.5) is 0 Å². The standard InChI is InChI=1S/C14H12BrNO.ClH/c15-12-7-5-10(6-8-12)9-11-3-1-2-4-13(11)14(16)17;/h1-8H,9H2,(H2,16,17);1H. The number of nitrogens with two attached hydrogens (primary N) is 1.